The van der Waals surface area contributed by atoms with Gasteiger partial charge < -0.3 is 15.2 Å². The summed E-state index contributed by atoms with van der Waals surface area (Å²) >= 11 is 3.23. The lowest BCUT2D eigenvalue weighted by Gasteiger charge is -2.11. The van der Waals surface area contributed by atoms with Crippen LogP contribution in [0.25, 0.3) is 0 Å². The lowest BCUT2D eigenvalue weighted by molar-refractivity contribution is 0.371. The van der Waals surface area contributed by atoms with E-state index in [0.717, 1.165) is 0 Å². The molecule has 1 heterocycles. The molecule has 106 valence electrons. The van der Waals surface area contributed by atoms with Crippen LogP contribution in [-0.2, 0) is 13.6 Å². The SMILES string of the molecule is COc1cccc(CNc2cnn(C)c(=O)c2Br)c1O. The molecule has 6 nitrogen and oxygen atoms in total. The first-order chi connectivity index (χ1) is 9.54. The third-order valence-corrected chi connectivity index (χ3v) is 3.62. The Morgan fingerprint density at radius 1 is 1.50 bits per heavy atom. The average molecular weight is 340 g/mol. The Balaban J connectivity index is 2.22. The number of phenolic OH excluding ortho intramolecular Hbond substituents is 1. The average Bonchev–Trinajstić information content (AvgIpc) is 2.45. The number of ether oxygens (including phenoxy) is 1. The van der Waals surface area contributed by atoms with Crippen molar-refractivity contribution in [3.8, 4) is 11.5 Å². The summed E-state index contributed by atoms with van der Waals surface area (Å²) in [6.45, 7) is 0.344. The first-order valence-electron chi connectivity index (χ1n) is 5.85. The number of halogens is 1. The zero-order valence-corrected chi connectivity index (χ0v) is 12.6. The molecular formula is C13H14BrN3O3. The van der Waals surface area contributed by atoms with Gasteiger partial charge in [0.25, 0.3) is 5.56 Å². The molecule has 1 aromatic carbocycles. The topological polar surface area (TPSA) is 76.4 Å². The summed E-state index contributed by atoms with van der Waals surface area (Å²) in [4.78, 5) is 11.7. The van der Waals surface area contributed by atoms with E-state index in [4.69, 9.17) is 4.74 Å². The molecule has 0 spiro atoms. The summed E-state index contributed by atoms with van der Waals surface area (Å²) < 4.78 is 6.68. The summed E-state index contributed by atoms with van der Waals surface area (Å²) in [7, 11) is 3.07. The minimum atomic E-state index is -0.232. The molecule has 0 unspecified atom stereocenters. The van der Waals surface area contributed by atoms with Crippen molar-refractivity contribution in [2.45, 2.75) is 6.54 Å². The standard InChI is InChI=1S/C13H14BrN3O3/c1-17-13(19)11(14)9(7-16-17)15-6-8-4-3-5-10(20-2)12(8)18/h3-5,7,15,18H,6H2,1-2H3. The van der Waals surface area contributed by atoms with E-state index in [1.54, 1.807) is 31.4 Å². The van der Waals surface area contributed by atoms with Crippen molar-refractivity contribution in [2.75, 3.05) is 12.4 Å². The normalized spacial score (nSPS) is 10.3. The van der Waals surface area contributed by atoms with Crippen molar-refractivity contribution in [2.24, 2.45) is 7.05 Å². The fourth-order valence-corrected chi connectivity index (χ4v) is 2.20. The minimum Gasteiger partial charge on any atom is -0.504 e. The van der Waals surface area contributed by atoms with E-state index in [-0.39, 0.29) is 11.3 Å². The maximum Gasteiger partial charge on any atom is 0.282 e. The van der Waals surface area contributed by atoms with Crippen LogP contribution in [0.5, 0.6) is 11.5 Å². The van der Waals surface area contributed by atoms with E-state index in [2.05, 4.69) is 26.3 Å². The highest BCUT2D eigenvalue weighted by Gasteiger charge is 2.10. The van der Waals surface area contributed by atoms with Gasteiger partial charge in [-0.15, -0.1) is 0 Å². The second-order valence-electron chi connectivity index (χ2n) is 4.12. The number of hydrogen-bond donors (Lipinski definition) is 2. The molecule has 0 saturated carbocycles. The largest absolute Gasteiger partial charge is 0.504 e. The van der Waals surface area contributed by atoms with Gasteiger partial charge in [-0.25, -0.2) is 4.68 Å². The highest BCUT2D eigenvalue weighted by atomic mass is 79.9. The molecule has 7 heteroatoms. The fourth-order valence-electron chi connectivity index (χ4n) is 1.70. The number of methoxy groups -OCH3 is 1. The van der Waals surface area contributed by atoms with Gasteiger partial charge in [0, 0.05) is 19.2 Å². The number of para-hydroxylation sites is 1. The van der Waals surface area contributed by atoms with Gasteiger partial charge in [0.05, 0.1) is 19.0 Å². The molecular weight excluding hydrogens is 326 g/mol. The smallest absolute Gasteiger partial charge is 0.282 e. The van der Waals surface area contributed by atoms with Crippen LogP contribution in [0.15, 0.2) is 33.7 Å². The molecule has 0 amide bonds. The molecule has 0 aliphatic rings. The van der Waals surface area contributed by atoms with E-state index in [9.17, 15) is 9.90 Å². The number of benzene rings is 1. The number of nitrogens with one attached hydrogen (secondary N) is 1. The van der Waals surface area contributed by atoms with Crippen molar-refractivity contribution in [3.63, 3.8) is 0 Å². The molecule has 1 aromatic heterocycles. The Kier molecular flexibility index (Phi) is 4.29. The summed E-state index contributed by atoms with van der Waals surface area (Å²) in [5, 5.41) is 17.0. The Labute approximate surface area is 124 Å². The minimum absolute atomic E-state index is 0.0791. The Bertz CT molecular complexity index is 685. The number of aromatic hydroxyl groups is 1. The number of phenols is 1. The maximum absolute atomic E-state index is 11.7. The second kappa shape index (κ2) is 5.96. The van der Waals surface area contributed by atoms with Crippen LogP contribution in [0, 0.1) is 0 Å². The number of nitrogens with zero attached hydrogens (tertiary/aromatic N) is 2. The number of aromatic nitrogens is 2. The summed E-state index contributed by atoms with van der Waals surface area (Å²) in [5.74, 6) is 0.487. The number of rotatable bonds is 4. The van der Waals surface area contributed by atoms with Gasteiger partial charge in [-0.3, -0.25) is 4.79 Å². The van der Waals surface area contributed by atoms with Crippen LogP contribution in [0.2, 0.25) is 0 Å². The van der Waals surface area contributed by atoms with Gasteiger partial charge >= 0.3 is 0 Å². The van der Waals surface area contributed by atoms with Crippen molar-refractivity contribution in [1.82, 2.24) is 9.78 Å². The monoisotopic (exact) mass is 339 g/mol. The lowest BCUT2D eigenvalue weighted by atomic mass is 10.2. The summed E-state index contributed by atoms with van der Waals surface area (Å²) in [6, 6.07) is 5.23. The second-order valence-corrected chi connectivity index (χ2v) is 4.92. The van der Waals surface area contributed by atoms with Gasteiger partial charge in [0.2, 0.25) is 0 Å². The van der Waals surface area contributed by atoms with Crippen molar-refractivity contribution in [1.29, 1.82) is 0 Å². The fraction of sp³-hybridized carbons (Fsp3) is 0.231. The maximum atomic E-state index is 11.7. The first kappa shape index (κ1) is 14.4. The molecule has 2 rings (SSSR count). The van der Waals surface area contributed by atoms with Crippen LogP contribution in [0.1, 0.15) is 5.56 Å². The molecule has 0 aliphatic carbocycles. The van der Waals surface area contributed by atoms with Crippen LogP contribution in [-0.4, -0.2) is 22.0 Å². The lowest BCUT2D eigenvalue weighted by Crippen LogP contribution is -2.21. The number of aryl methyl sites for hydroxylation is 1. The third kappa shape index (κ3) is 2.77. The summed E-state index contributed by atoms with van der Waals surface area (Å²) in [5.41, 5.74) is 0.997. The molecule has 20 heavy (non-hydrogen) atoms. The Morgan fingerprint density at radius 3 is 2.95 bits per heavy atom. The zero-order chi connectivity index (χ0) is 14.7. The van der Waals surface area contributed by atoms with Gasteiger partial charge in [0.1, 0.15) is 4.47 Å². The molecule has 0 bridgehead atoms. The highest BCUT2D eigenvalue weighted by molar-refractivity contribution is 9.10. The van der Waals surface area contributed by atoms with Gasteiger partial charge in [0.15, 0.2) is 11.5 Å². The van der Waals surface area contributed by atoms with Crippen LogP contribution >= 0.6 is 15.9 Å². The van der Waals surface area contributed by atoms with Gasteiger partial charge in [-0.1, -0.05) is 12.1 Å². The molecule has 2 aromatic rings. The van der Waals surface area contributed by atoms with Gasteiger partial charge in [-0.2, -0.15) is 5.10 Å². The van der Waals surface area contributed by atoms with Crippen LogP contribution in [0.4, 0.5) is 5.69 Å². The number of hydrogen-bond acceptors (Lipinski definition) is 5. The van der Waals surface area contributed by atoms with Crippen molar-refractivity contribution in [3.05, 3.63) is 44.8 Å². The van der Waals surface area contributed by atoms with E-state index in [1.807, 2.05) is 0 Å². The molecule has 0 radical (unpaired) electrons. The highest BCUT2D eigenvalue weighted by Crippen LogP contribution is 2.30. The molecule has 2 N–H and O–H groups in total. The third-order valence-electron chi connectivity index (χ3n) is 2.85. The molecule has 0 fully saturated rings. The molecule has 0 saturated heterocycles. The molecule has 0 atom stereocenters. The Hall–Kier alpha value is -2.02. The van der Waals surface area contributed by atoms with Crippen molar-refractivity contribution >= 4 is 21.6 Å². The first-order valence-corrected chi connectivity index (χ1v) is 6.64. The predicted molar refractivity (Wildman–Crippen MR) is 79.2 cm³/mol. The molecule has 0 aliphatic heterocycles. The predicted octanol–water partition coefficient (Wildman–Crippen LogP) is 1.87. The van der Waals surface area contributed by atoms with Crippen LogP contribution in [0.3, 0.4) is 0 Å². The van der Waals surface area contributed by atoms with E-state index in [0.29, 0.717) is 28.0 Å². The Morgan fingerprint density at radius 2 is 2.25 bits per heavy atom. The summed E-state index contributed by atoms with van der Waals surface area (Å²) in [6.07, 6.45) is 1.54. The number of anilines is 1. The van der Waals surface area contributed by atoms with E-state index in [1.165, 1.54) is 11.8 Å². The zero-order valence-electron chi connectivity index (χ0n) is 11.1. The van der Waals surface area contributed by atoms with Crippen molar-refractivity contribution < 1.29 is 9.84 Å². The van der Waals surface area contributed by atoms with Crippen LogP contribution < -0.4 is 15.6 Å². The van der Waals surface area contributed by atoms with Gasteiger partial charge in [-0.05, 0) is 22.0 Å². The van der Waals surface area contributed by atoms with E-state index < -0.39 is 0 Å². The van der Waals surface area contributed by atoms with E-state index >= 15 is 0 Å². The quantitative estimate of drug-likeness (QED) is 0.889.